The number of guanidine groups is 2. The van der Waals surface area contributed by atoms with E-state index in [1.807, 2.05) is 0 Å². The first-order chi connectivity index (χ1) is 21.8. The van der Waals surface area contributed by atoms with Crippen molar-refractivity contribution in [2.24, 2.45) is 50.5 Å². The Balaban J connectivity index is 5.77. The second-order valence-corrected chi connectivity index (χ2v) is 11.8. The van der Waals surface area contributed by atoms with Crippen LogP contribution in [-0.4, -0.2) is 101 Å². The molecule has 5 atom stereocenters. The predicted molar refractivity (Wildman–Crippen MR) is 174 cm³/mol. The molecule has 5 unspecified atom stereocenters. The minimum absolute atomic E-state index is 0.0199. The fourth-order valence-corrected chi connectivity index (χ4v) is 4.25. The van der Waals surface area contributed by atoms with E-state index in [0.29, 0.717) is 6.42 Å². The molecule has 0 radical (unpaired) electrons. The van der Waals surface area contributed by atoms with E-state index in [0.717, 1.165) is 0 Å². The number of carboxylic acid groups (broad SMARTS) is 2. The summed E-state index contributed by atoms with van der Waals surface area (Å²) in [6.45, 7) is 7.26. The number of aliphatic carboxylic acids is 2. The van der Waals surface area contributed by atoms with E-state index >= 15 is 0 Å². The molecule has 0 spiro atoms. The first-order valence-corrected chi connectivity index (χ1v) is 15.4. The summed E-state index contributed by atoms with van der Waals surface area (Å²) in [5.74, 6) is -6.40. The van der Waals surface area contributed by atoms with Gasteiger partial charge in [0.15, 0.2) is 11.9 Å². The monoisotopic (exact) mass is 671 g/mol. The molecule has 0 rings (SSSR count). The van der Waals surface area contributed by atoms with E-state index in [2.05, 4.69) is 31.3 Å². The molecule has 0 aliphatic carbocycles. The summed E-state index contributed by atoms with van der Waals surface area (Å²) in [5, 5.41) is 28.8. The van der Waals surface area contributed by atoms with Gasteiger partial charge in [0.1, 0.15) is 24.2 Å². The normalized spacial score (nSPS) is 14.1. The zero-order chi connectivity index (χ0) is 36.3. The van der Waals surface area contributed by atoms with E-state index < -0.39 is 78.1 Å². The summed E-state index contributed by atoms with van der Waals surface area (Å²) in [6, 6.07) is -6.04. The van der Waals surface area contributed by atoms with Gasteiger partial charge in [-0.3, -0.25) is 34.0 Å². The third-order valence-electron chi connectivity index (χ3n) is 6.73. The second-order valence-electron chi connectivity index (χ2n) is 11.8. The van der Waals surface area contributed by atoms with E-state index in [1.165, 1.54) is 0 Å². The molecule has 0 aromatic rings. The topological polar surface area (TPSA) is 346 Å². The Morgan fingerprint density at radius 1 is 0.638 bits per heavy atom. The van der Waals surface area contributed by atoms with Gasteiger partial charge in [0.25, 0.3) is 0 Å². The number of rotatable bonds is 23. The third kappa shape index (κ3) is 18.8. The average Bonchev–Trinajstić information content (AvgIpc) is 2.95. The zero-order valence-corrected chi connectivity index (χ0v) is 27.5. The Labute approximate surface area is 274 Å². The van der Waals surface area contributed by atoms with Crippen LogP contribution in [0.5, 0.6) is 0 Å². The average molecular weight is 672 g/mol. The maximum atomic E-state index is 13.5. The summed E-state index contributed by atoms with van der Waals surface area (Å²) >= 11 is 0. The lowest BCUT2D eigenvalue weighted by molar-refractivity contribution is -0.143. The van der Waals surface area contributed by atoms with Gasteiger partial charge >= 0.3 is 11.9 Å². The molecule has 0 fully saturated rings. The Bertz CT molecular complexity index is 1120. The molecule has 0 heterocycles. The highest BCUT2D eigenvalue weighted by molar-refractivity contribution is 5.95. The SMILES string of the molecule is CC(C)CC(NC(=O)C(CCC(=O)O)NC(=O)C(N)CCCN=C(N)N)C(=O)NC(C(=O)NC(CCCN=C(N)N)C(=O)O)C(C)C. The molecule has 0 aliphatic rings. The van der Waals surface area contributed by atoms with Gasteiger partial charge in [-0.05, 0) is 50.4 Å². The van der Waals surface area contributed by atoms with Gasteiger partial charge in [-0.2, -0.15) is 0 Å². The fourth-order valence-electron chi connectivity index (χ4n) is 4.25. The van der Waals surface area contributed by atoms with Crippen LogP contribution in [-0.2, 0) is 28.8 Å². The van der Waals surface area contributed by atoms with Crippen LogP contribution in [0.4, 0.5) is 0 Å². The summed E-state index contributed by atoms with van der Waals surface area (Å²) < 4.78 is 0. The number of hydrogen-bond acceptors (Lipinski definition) is 9. The van der Waals surface area contributed by atoms with E-state index in [-0.39, 0.29) is 63.0 Å². The van der Waals surface area contributed by atoms with Crippen molar-refractivity contribution < 1.29 is 39.0 Å². The lowest BCUT2D eigenvalue weighted by Gasteiger charge is -2.28. The van der Waals surface area contributed by atoms with Crippen LogP contribution in [0.2, 0.25) is 0 Å². The van der Waals surface area contributed by atoms with Crippen LogP contribution in [0, 0.1) is 11.8 Å². The van der Waals surface area contributed by atoms with Crippen LogP contribution >= 0.6 is 0 Å². The first-order valence-electron chi connectivity index (χ1n) is 15.4. The van der Waals surface area contributed by atoms with E-state index in [1.54, 1.807) is 27.7 Å². The number of carbonyl (C=O) groups excluding carboxylic acids is 4. The van der Waals surface area contributed by atoms with Crippen molar-refractivity contribution in [3.63, 3.8) is 0 Å². The number of aliphatic imine (C=N–C) groups is 2. The van der Waals surface area contributed by atoms with Gasteiger partial charge in [-0.1, -0.05) is 27.7 Å². The highest BCUT2D eigenvalue weighted by Crippen LogP contribution is 2.11. The van der Waals surface area contributed by atoms with Crippen molar-refractivity contribution >= 4 is 47.5 Å². The number of amides is 4. The van der Waals surface area contributed by atoms with E-state index in [4.69, 9.17) is 28.7 Å². The molecule has 0 aliphatic heterocycles. The van der Waals surface area contributed by atoms with Gasteiger partial charge < -0.3 is 60.1 Å². The predicted octanol–water partition coefficient (Wildman–Crippen LogP) is -2.99. The number of nitrogens with two attached hydrogens (primary N) is 5. The van der Waals surface area contributed by atoms with Gasteiger partial charge in [0.05, 0.1) is 6.04 Å². The lowest BCUT2D eigenvalue weighted by Crippen LogP contribution is -2.59. The fraction of sp³-hybridized carbons (Fsp3) is 0.714. The Hall–Kier alpha value is -4.68. The van der Waals surface area contributed by atoms with Gasteiger partial charge in [-0.15, -0.1) is 0 Å². The van der Waals surface area contributed by atoms with Crippen LogP contribution in [0.3, 0.4) is 0 Å². The number of carboxylic acids is 2. The maximum absolute atomic E-state index is 13.5. The molecule has 16 N–H and O–H groups in total. The Morgan fingerprint density at radius 2 is 1.13 bits per heavy atom. The minimum atomic E-state index is -1.34. The van der Waals surface area contributed by atoms with Crippen molar-refractivity contribution in [3.8, 4) is 0 Å². The molecule has 0 aromatic carbocycles. The molecule has 0 aromatic heterocycles. The summed E-state index contributed by atoms with van der Waals surface area (Å²) in [4.78, 5) is 83.3. The van der Waals surface area contributed by atoms with Gasteiger partial charge in [0, 0.05) is 19.5 Å². The minimum Gasteiger partial charge on any atom is -0.481 e. The number of carbonyl (C=O) groups is 6. The molecule has 19 heteroatoms. The van der Waals surface area contributed by atoms with Crippen molar-refractivity contribution in [3.05, 3.63) is 0 Å². The van der Waals surface area contributed by atoms with Crippen molar-refractivity contribution in [1.29, 1.82) is 0 Å². The molecule has 47 heavy (non-hydrogen) atoms. The first kappa shape index (κ1) is 42.3. The molecule has 0 bridgehead atoms. The van der Waals surface area contributed by atoms with Crippen molar-refractivity contribution in [1.82, 2.24) is 21.3 Å². The van der Waals surface area contributed by atoms with Gasteiger partial charge in [-0.25, -0.2) is 4.79 Å². The Kier molecular flexibility index (Phi) is 19.8. The van der Waals surface area contributed by atoms with Crippen molar-refractivity contribution in [2.75, 3.05) is 13.1 Å². The second kappa shape index (κ2) is 22.0. The number of nitrogens with zero attached hydrogens (tertiary/aromatic N) is 2. The molecule has 19 nitrogen and oxygen atoms in total. The Morgan fingerprint density at radius 3 is 1.60 bits per heavy atom. The number of nitrogens with one attached hydrogen (secondary N) is 4. The summed E-state index contributed by atoms with van der Waals surface area (Å²) in [6.07, 6.45) is 0.184. The molecular formula is C28H53N11O8. The largest absolute Gasteiger partial charge is 0.481 e. The van der Waals surface area contributed by atoms with Crippen LogP contribution < -0.4 is 49.9 Å². The smallest absolute Gasteiger partial charge is 0.326 e. The molecule has 268 valence electrons. The van der Waals surface area contributed by atoms with Crippen LogP contribution in [0.25, 0.3) is 0 Å². The standard InChI is InChI=1S/C28H53N11O8/c1-14(2)13-19(24(44)39-21(15(3)4)25(45)37-18(26(46)47)8-6-12-35-28(32)33)38-23(43)17(9-10-20(40)41)36-22(42)16(29)7-5-11-34-27(30)31/h14-19,21H,5-13,29H2,1-4H3,(H,36,42)(H,37,45)(H,38,43)(H,39,44)(H,40,41)(H,46,47)(H4,30,31,34)(H4,32,33,35). The zero-order valence-electron chi connectivity index (χ0n) is 27.5. The molecular weight excluding hydrogens is 618 g/mol. The van der Waals surface area contributed by atoms with Crippen molar-refractivity contribution in [2.45, 2.75) is 103 Å². The lowest BCUT2D eigenvalue weighted by atomic mass is 9.99. The summed E-state index contributed by atoms with van der Waals surface area (Å²) in [7, 11) is 0. The number of hydrogen-bond donors (Lipinski definition) is 11. The maximum Gasteiger partial charge on any atom is 0.326 e. The van der Waals surface area contributed by atoms with E-state index in [9.17, 15) is 39.0 Å². The summed E-state index contributed by atoms with van der Waals surface area (Å²) in [5.41, 5.74) is 27.0. The molecule has 0 saturated heterocycles. The molecule has 4 amide bonds. The molecule has 0 saturated carbocycles. The quantitative estimate of drug-likeness (QED) is 0.0294. The van der Waals surface area contributed by atoms with Crippen LogP contribution in [0.15, 0.2) is 9.98 Å². The third-order valence-corrected chi connectivity index (χ3v) is 6.73. The highest BCUT2D eigenvalue weighted by Gasteiger charge is 2.33. The van der Waals surface area contributed by atoms with Gasteiger partial charge in [0.2, 0.25) is 23.6 Å². The van der Waals surface area contributed by atoms with Crippen LogP contribution in [0.1, 0.15) is 72.6 Å². The highest BCUT2D eigenvalue weighted by atomic mass is 16.4.